The summed E-state index contributed by atoms with van der Waals surface area (Å²) in [6.07, 6.45) is 0.252. The van der Waals surface area contributed by atoms with Crippen LogP contribution in [-0.2, 0) is 4.79 Å². The van der Waals surface area contributed by atoms with Crippen LogP contribution < -0.4 is 10.1 Å². The van der Waals surface area contributed by atoms with Gasteiger partial charge in [-0.1, -0.05) is 48.9 Å². The summed E-state index contributed by atoms with van der Waals surface area (Å²) in [6, 6.07) is 16.9. The van der Waals surface area contributed by atoms with Crippen molar-refractivity contribution in [2.24, 2.45) is 0 Å². The summed E-state index contributed by atoms with van der Waals surface area (Å²) < 4.78 is 5.64. The van der Waals surface area contributed by atoms with Crippen molar-refractivity contribution in [3.8, 4) is 5.75 Å². The van der Waals surface area contributed by atoms with Gasteiger partial charge >= 0.3 is 0 Å². The monoisotopic (exact) mass is 317 g/mol. The van der Waals surface area contributed by atoms with E-state index in [1.54, 1.807) is 31.2 Å². The van der Waals surface area contributed by atoms with Crippen molar-refractivity contribution in [3.63, 3.8) is 0 Å². The van der Waals surface area contributed by atoms with Crippen LogP contribution in [0, 0.1) is 0 Å². The third-order valence-electron chi connectivity index (χ3n) is 3.42. The highest BCUT2D eigenvalue weighted by Gasteiger charge is 2.19. The number of carbonyl (C=O) groups excluding carboxylic acids is 1. The number of amides is 1. The first-order valence-corrected chi connectivity index (χ1v) is 7.75. The molecular formula is C18H20ClNO2. The molecule has 22 heavy (non-hydrogen) atoms. The predicted octanol–water partition coefficient (Wildman–Crippen LogP) is 4.37. The van der Waals surface area contributed by atoms with Gasteiger partial charge in [-0.05, 0) is 43.2 Å². The minimum Gasteiger partial charge on any atom is -0.481 e. The van der Waals surface area contributed by atoms with Crippen LogP contribution >= 0.6 is 11.6 Å². The number of hydrogen-bond acceptors (Lipinski definition) is 2. The molecule has 0 aromatic heterocycles. The lowest BCUT2D eigenvalue weighted by atomic mass is 10.0. The van der Waals surface area contributed by atoms with E-state index in [2.05, 4.69) is 5.32 Å². The molecule has 4 heteroatoms. The van der Waals surface area contributed by atoms with Gasteiger partial charge in [0.1, 0.15) is 5.75 Å². The van der Waals surface area contributed by atoms with E-state index in [1.165, 1.54) is 0 Å². The molecule has 2 aromatic carbocycles. The average molecular weight is 318 g/mol. The zero-order chi connectivity index (χ0) is 15.9. The quantitative estimate of drug-likeness (QED) is 0.859. The predicted molar refractivity (Wildman–Crippen MR) is 89.2 cm³/mol. The van der Waals surface area contributed by atoms with Crippen molar-refractivity contribution in [2.75, 3.05) is 0 Å². The molecule has 0 saturated heterocycles. The summed E-state index contributed by atoms with van der Waals surface area (Å²) in [6.45, 7) is 3.78. The fourth-order valence-corrected chi connectivity index (χ4v) is 2.29. The second kappa shape index (κ2) is 7.85. The maximum Gasteiger partial charge on any atom is 0.261 e. The highest BCUT2D eigenvalue weighted by atomic mass is 35.5. The van der Waals surface area contributed by atoms with Gasteiger partial charge in [0.2, 0.25) is 0 Å². The van der Waals surface area contributed by atoms with E-state index in [1.807, 2.05) is 37.3 Å². The molecule has 3 nitrogen and oxygen atoms in total. The van der Waals surface area contributed by atoms with Gasteiger partial charge in [0.25, 0.3) is 5.91 Å². The van der Waals surface area contributed by atoms with E-state index in [0.717, 1.165) is 12.0 Å². The van der Waals surface area contributed by atoms with E-state index in [9.17, 15) is 4.79 Å². The molecule has 0 fully saturated rings. The second-order valence-corrected chi connectivity index (χ2v) is 5.53. The summed E-state index contributed by atoms with van der Waals surface area (Å²) >= 11 is 5.83. The molecule has 0 unspecified atom stereocenters. The Hall–Kier alpha value is -2.00. The van der Waals surface area contributed by atoms with Crippen LogP contribution in [0.15, 0.2) is 54.6 Å². The molecule has 0 aliphatic rings. The van der Waals surface area contributed by atoms with Gasteiger partial charge in [0, 0.05) is 5.02 Å². The third-order valence-corrected chi connectivity index (χ3v) is 3.67. The molecule has 2 rings (SSSR count). The minimum atomic E-state index is -0.570. The van der Waals surface area contributed by atoms with Gasteiger partial charge in [0.05, 0.1) is 6.04 Å². The summed E-state index contributed by atoms with van der Waals surface area (Å²) in [5.41, 5.74) is 1.09. The fourth-order valence-electron chi connectivity index (χ4n) is 2.17. The summed E-state index contributed by atoms with van der Waals surface area (Å²) in [5.74, 6) is 0.491. The lowest BCUT2D eigenvalue weighted by Gasteiger charge is -2.21. The molecule has 1 N–H and O–H groups in total. The van der Waals surface area contributed by atoms with Crippen molar-refractivity contribution in [1.82, 2.24) is 5.32 Å². The van der Waals surface area contributed by atoms with Crippen LogP contribution in [0.5, 0.6) is 5.75 Å². The van der Waals surface area contributed by atoms with Crippen LogP contribution in [0.1, 0.15) is 31.9 Å². The Labute approximate surface area is 136 Å². The molecule has 0 spiro atoms. The number of carbonyl (C=O) groups is 1. The normalized spacial score (nSPS) is 13.2. The van der Waals surface area contributed by atoms with Gasteiger partial charge < -0.3 is 10.1 Å². The number of nitrogens with one attached hydrogen (secondary N) is 1. The second-order valence-electron chi connectivity index (χ2n) is 5.09. The fraction of sp³-hybridized carbons (Fsp3) is 0.278. The van der Waals surface area contributed by atoms with Crippen molar-refractivity contribution >= 4 is 17.5 Å². The molecule has 0 bridgehead atoms. The number of ether oxygens (including phenoxy) is 1. The highest BCUT2D eigenvalue weighted by Crippen LogP contribution is 2.19. The first kappa shape index (κ1) is 16.4. The molecule has 1 amide bonds. The Bertz CT molecular complexity index is 598. The largest absolute Gasteiger partial charge is 0.481 e. The molecule has 0 saturated carbocycles. The number of halogens is 1. The number of benzene rings is 2. The van der Waals surface area contributed by atoms with Gasteiger partial charge in [-0.15, -0.1) is 0 Å². The molecular weight excluding hydrogens is 298 g/mol. The van der Waals surface area contributed by atoms with E-state index in [-0.39, 0.29) is 11.9 Å². The summed E-state index contributed by atoms with van der Waals surface area (Å²) in [5, 5.41) is 3.66. The lowest BCUT2D eigenvalue weighted by Crippen LogP contribution is -2.38. The van der Waals surface area contributed by atoms with Crippen LogP contribution in [-0.4, -0.2) is 12.0 Å². The Kier molecular flexibility index (Phi) is 5.84. The van der Waals surface area contributed by atoms with Gasteiger partial charge in [0.15, 0.2) is 6.10 Å². The zero-order valence-electron chi connectivity index (χ0n) is 12.8. The SMILES string of the molecule is CC[C@@H](NC(=O)[C@@H](C)Oc1ccc(Cl)cc1)c1ccccc1. The van der Waals surface area contributed by atoms with Crippen LogP contribution in [0.25, 0.3) is 0 Å². The molecule has 0 aliphatic carbocycles. The van der Waals surface area contributed by atoms with Gasteiger partial charge in [-0.3, -0.25) is 4.79 Å². The Morgan fingerprint density at radius 3 is 2.36 bits per heavy atom. The smallest absolute Gasteiger partial charge is 0.261 e. The van der Waals surface area contributed by atoms with Crippen LogP contribution in [0.3, 0.4) is 0 Å². The molecule has 2 aromatic rings. The first-order valence-electron chi connectivity index (χ1n) is 7.37. The molecule has 0 radical (unpaired) electrons. The molecule has 0 aliphatic heterocycles. The Morgan fingerprint density at radius 1 is 1.14 bits per heavy atom. The Balaban J connectivity index is 1.96. The summed E-state index contributed by atoms with van der Waals surface area (Å²) in [4.78, 5) is 12.3. The third kappa shape index (κ3) is 4.50. The van der Waals surface area contributed by atoms with Crippen molar-refractivity contribution in [1.29, 1.82) is 0 Å². The van der Waals surface area contributed by atoms with Crippen molar-refractivity contribution in [2.45, 2.75) is 32.4 Å². The average Bonchev–Trinajstić information content (AvgIpc) is 2.55. The Morgan fingerprint density at radius 2 is 1.77 bits per heavy atom. The van der Waals surface area contributed by atoms with E-state index >= 15 is 0 Å². The topological polar surface area (TPSA) is 38.3 Å². The number of hydrogen-bond donors (Lipinski definition) is 1. The first-order chi connectivity index (χ1) is 10.6. The molecule has 2 atom stereocenters. The van der Waals surface area contributed by atoms with Gasteiger partial charge in [-0.2, -0.15) is 0 Å². The van der Waals surface area contributed by atoms with Crippen molar-refractivity contribution < 1.29 is 9.53 Å². The van der Waals surface area contributed by atoms with E-state index in [4.69, 9.17) is 16.3 Å². The van der Waals surface area contributed by atoms with E-state index in [0.29, 0.717) is 10.8 Å². The number of rotatable bonds is 6. The summed E-state index contributed by atoms with van der Waals surface area (Å²) in [7, 11) is 0. The zero-order valence-corrected chi connectivity index (χ0v) is 13.5. The molecule has 0 heterocycles. The minimum absolute atomic E-state index is 0.00929. The van der Waals surface area contributed by atoms with E-state index < -0.39 is 6.10 Å². The van der Waals surface area contributed by atoms with Crippen LogP contribution in [0.2, 0.25) is 5.02 Å². The lowest BCUT2D eigenvalue weighted by molar-refractivity contribution is -0.128. The van der Waals surface area contributed by atoms with Crippen molar-refractivity contribution in [3.05, 3.63) is 65.2 Å². The highest BCUT2D eigenvalue weighted by molar-refractivity contribution is 6.30. The maximum absolute atomic E-state index is 12.3. The van der Waals surface area contributed by atoms with Gasteiger partial charge in [-0.25, -0.2) is 0 Å². The maximum atomic E-state index is 12.3. The van der Waals surface area contributed by atoms with Crippen LogP contribution in [0.4, 0.5) is 0 Å². The molecule has 116 valence electrons. The standard InChI is InChI=1S/C18H20ClNO2/c1-3-17(14-7-5-4-6-8-14)20-18(21)13(2)22-16-11-9-15(19)10-12-16/h4-13,17H,3H2,1-2H3,(H,20,21)/t13-,17-/m1/s1.